The fourth-order valence-corrected chi connectivity index (χ4v) is 3.18. The van der Waals surface area contributed by atoms with Crippen molar-refractivity contribution >= 4 is 5.91 Å². The predicted molar refractivity (Wildman–Crippen MR) is 87.0 cm³/mol. The zero-order valence-electron chi connectivity index (χ0n) is 13.1. The van der Waals surface area contributed by atoms with Crippen molar-refractivity contribution in [2.24, 2.45) is 5.73 Å². The molecule has 1 saturated carbocycles. The van der Waals surface area contributed by atoms with Crippen molar-refractivity contribution in [3.8, 4) is 0 Å². The second-order valence-corrected chi connectivity index (χ2v) is 6.59. The van der Waals surface area contributed by atoms with Crippen molar-refractivity contribution in [2.45, 2.75) is 69.9 Å². The lowest BCUT2D eigenvalue weighted by molar-refractivity contribution is -0.123. The van der Waals surface area contributed by atoms with Gasteiger partial charge in [0.15, 0.2) is 0 Å². The number of carbonyl (C=O) groups excluding carboxylic acids is 1. The monoisotopic (exact) mass is 288 g/mol. The number of hydrogen-bond acceptors (Lipinski definition) is 2. The van der Waals surface area contributed by atoms with Crippen LogP contribution in [0, 0.1) is 0 Å². The van der Waals surface area contributed by atoms with Gasteiger partial charge in [-0.3, -0.25) is 4.79 Å². The minimum absolute atomic E-state index is 0.111. The SMILES string of the molecule is CC(CCc1ccccc1)NC(=O)CC1(N)CCCCC1. The number of nitrogens with two attached hydrogens (primary N) is 1. The van der Waals surface area contributed by atoms with Crippen molar-refractivity contribution in [3.63, 3.8) is 0 Å². The quantitative estimate of drug-likeness (QED) is 0.844. The van der Waals surface area contributed by atoms with Gasteiger partial charge in [0, 0.05) is 18.0 Å². The molecule has 3 heteroatoms. The van der Waals surface area contributed by atoms with Crippen LogP contribution in [-0.2, 0) is 11.2 Å². The van der Waals surface area contributed by atoms with Gasteiger partial charge < -0.3 is 11.1 Å². The molecule has 0 heterocycles. The highest BCUT2D eigenvalue weighted by Crippen LogP contribution is 2.28. The Morgan fingerprint density at radius 1 is 1.24 bits per heavy atom. The summed E-state index contributed by atoms with van der Waals surface area (Å²) in [6.07, 6.45) is 7.98. The van der Waals surface area contributed by atoms with Crippen LogP contribution in [0.4, 0.5) is 0 Å². The van der Waals surface area contributed by atoms with Crippen molar-refractivity contribution in [3.05, 3.63) is 35.9 Å². The van der Waals surface area contributed by atoms with E-state index in [2.05, 4.69) is 36.5 Å². The van der Waals surface area contributed by atoms with E-state index in [9.17, 15) is 4.79 Å². The van der Waals surface area contributed by atoms with Crippen molar-refractivity contribution in [2.75, 3.05) is 0 Å². The van der Waals surface area contributed by atoms with E-state index in [-0.39, 0.29) is 17.5 Å². The maximum Gasteiger partial charge on any atom is 0.222 e. The summed E-state index contributed by atoms with van der Waals surface area (Å²) in [5, 5.41) is 3.10. The lowest BCUT2D eigenvalue weighted by Crippen LogP contribution is -2.47. The first-order valence-electron chi connectivity index (χ1n) is 8.20. The molecule has 1 unspecified atom stereocenters. The van der Waals surface area contributed by atoms with Crippen molar-refractivity contribution in [1.82, 2.24) is 5.32 Å². The summed E-state index contributed by atoms with van der Waals surface area (Å²) in [7, 11) is 0. The van der Waals surface area contributed by atoms with Gasteiger partial charge in [-0.1, -0.05) is 49.6 Å². The molecule has 116 valence electrons. The minimum atomic E-state index is -0.262. The van der Waals surface area contributed by atoms with E-state index in [1.165, 1.54) is 12.0 Å². The van der Waals surface area contributed by atoms with E-state index in [1.807, 2.05) is 6.07 Å². The Kier molecular flexibility index (Phi) is 5.80. The Morgan fingerprint density at radius 2 is 1.90 bits per heavy atom. The smallest absolute Gasteiger partial charge is 0.222 e. The van der Waals surface area contributed by atoms with Gasteiger partial charge in [0.2, 0.25) is 5.91 Å². The topological polar surface area (TPSA) is 55.1 Å². The van der Waals surface area contributed by atoms with E-state index < -0.39 is 0 Å². The standard InChI is InChI=1S/C18H28N2O/c1-15(10-11-16-8-4-2-5-9-16)20-17(21)14-18(19)12-6-3-7-13-18/h2,4-5,8-9,15H,3,6-7,10-14,19H2,1H3,(H,20,21). The second kappa shape index (κ2) is 7.60. The van der Waals surface area contributed by atoms with Crippen LogP contribution in [0.1, 0.15) is 57.4 Å². The highest BCUT2D eigenvalue weighted by molar-refractivity contribution is 5.77. The molecule has 1 aromatic rings. The van der Waals surface area contributed by atoms with E-state index in [0.717, 1.165) is 38.5 Å². The van der Waals surface area contributed by atoms with Gasteiger partial charge >= 0.3 is 0 Å². The molecule has 1 aromatic carbocycles. The summed E-state index contributed by atoms with van der Waals surface area (Å²) in [6, 6.07) is 10.6. The van der Waals surface area contributed by atoms with Crippen molar-refractivity contribution < 1.29 is 4.79 Å². The normalized spacial score (nSPS) is 19.0. The summed E-state index contributed by atoms with van der Waals surface area (Å²) < 4.78 is 0. The Bertz CT molecular complexity index is 438. The van der Waals surface area contributed by atoms with E-state index >= 15 is 0 Å². The number of rotatable bonds is 6. The van der Waals surface area contributed by atoms with Gasteiger partial charge in [0.1, 0.15) is 0 Å². The molecule has 0 bridgehead atoms. The molecule has 1 aliphatic rings. The molecule has 3 nitrogen and oxygen atoms in total. The fraction of sp³-hybridized carbons (Fsp3) is 0.611. The first-order chi connectivity index (χ1) is 10.1. The van der Waals surface area contributed by atoms with Crippen LogP contribution >= 0.6 is 0 Å². The highest BCUT2D eigenvalue weighted by Gasteiger charge is 2.30. The minimum Gasteiger partial charge on any atom is -0.354 e. The average molecular weight is 288 g/mol. The largest absolute Gasteiger partial charge is 0.354 e. The first-order valence-corrected chi connectivity index (χ1v) is 8.20. The summed E-state index contributed by atoms with van der Waals surface area (Å²) in [5.41, 5.74) is 7.40. The molecule has 3 N–H and O–H groups in total. The lowest BCUT2D eigenvalue weighted by Gasteiger charge is -2.33. The molecule has 1 atom stereocenters. The highest BCUT2D eigenvalue weighted by atomic mass is 16.1. The van der Waals surface area contributed by atoms with Gasteiger partial charge in [0.25, 0.3) is 0 Å². The van der Waals surface area contributed by atoms with Gasteiger partial charge in [0.05, 0.1) is 0 Å². The second-order valence-electron chi connectivity index (χ2n) is 6.59. The number of amides is 1. The Hall–Kier alpha value is -1.35. The van der Waals surface area contributed by atoms with E-state index in [0.29, 0.717) is 6.42 Å². The third kappa shape index (κ3) is 5.50. The van der Waals surface area contributed by atoms with Gasteiger partial charge in [-0.05, 0) is 38.2 Å². The molecule has 0 spiro atoms. The number of benzene rings is 1. The number of nitrogens with one attached hydrogen (secondary N) is 1. The molecular weight excluding hydrogens is 260 g/mol. The molecule has 21 heavy (non-hydrogen) atoms. The van der Waals surface area contributed by atoms with Gasteiger partial charge in [-0.2, -0.15) is 0 Å². The van der Waals surface area contributed by atoms with Crippen LogP contribution in [-0.4, -0.2) is 17.5 Å². The summed E-state index contributed by atoms with van der Waals surface area (Å²) >= 11 is 0. The molecule has 1 amide bonds. The van der Waals surface area contributed by atoms with Crippen LogP contribution in [0.25, 0.3) is 0 Å². The third-order valence-corrected chi connectivity index (χ3v) is 4.48. The number of carbonyl (C=O) groups is 1. The summed E-state index contributed by atoms with van der Waals surface area (Å²) in [6.45, 7) is 2.07. The fourth-order valence-electron chi connectivity index (χ4n) is 3.18. The Morgan fingerprint density at radius 3 is 2.57 bits per heavy atom. The lowest BCUT2D eigenvalue weighted by atomic mass is 9.80. The number of hydrogen-bond donors (Lipinski definition) is 2. The van der Waals surface area contributed by atoms with Crippen LogP contribution < -0.4 is 11.1 Å². The van der Waals surface area contributed by atoms with Crippen LogP contribution in [0.2, 0.25) is 0 Å². The zero-order chi connectivity index (χ0) is 15.1. The molecular formula is C18H28N2O. The third-order valence-electron chi connectivity index (χ3n) is 4.48. The molecule has 0 aliphatic heterocycles. The average Bonchev–Trinajstić information content (AvgIpc) is 2.46. The maximum absolute atomic E-state index is 12.1. The molecule has 0 saturated heterocycles. The zero-order valence-corrected chi connectivity index (χ0v) is 13.1. The molecule has 2 rings (SSSR count). The van der Waals surface area contributed by atoms with Crippen LogP contribution in [0.5, 0.6) is 0 Å². The number of aryl methyl sites for hydroxylation is 1. The first kappa shape index (κ1) is 16.0. The molecule has 0 radical (unpaired) electrons. The van der Waals surface area contributed by atoms with E-state index in [4.69, 9.17) is 5.73 Å². The van der Waals surface area contributed by atoms with Crippen LogP contribution in [0.3, 0.4) is 0 Å². The molecule has 1 aliphatic carbocycles. The van der Waals surface area contributed by atoms with Gasteiger partial charge in [-0.15, -0.1) is 0 Å². The Labute approximate surface area is 128 Å². The Balaban J connectivity index is 1.71. The maximum atomic E-state index is 12.1. The molecule has 1 fully saturated rings. The molecule has 0 aromatic heterocycles. The van der Waals surface area contributed by atoms with Crippen molar-refractivity contribution in [1.29, 1.82) is 0 Å². The predicted octanol–water partition coefficient (Wildman–Crippen LogP) is 3.18. The summed E-state index contributed by atoms with van der Waals surface area (Å²) in [4.78, 5) is 12.1. The summed E-state index contributed by atoms with van der Waals surface area (Å²) in [5.74, 6) is 0.111. The van der Waals surface area contributed by atoms with Crippen LogP contribution in [0.15, 0.2) is 30.3 Å². The van der Waals surface area contributed by atoms with E-state index in [1.54, 1.807) is 0 Å². The van der Waals surface area contributed by atoms with Gasteiger partial charge in [-0.25, -0.2) is 0 Å².